The lowest BCUT2D eigenvalue weighted by Gasteiger charge is -2.09. The standard InChI is InChI=1S/C16H12O6/c1-21-16-13(8-2-4-9(17)5-3-8)15(20)14-11(19)6-10(18)7-12(14)22-16/h2-7,17-19H,1H3. The Bertz CT molecular complexity index is 909. The van der Waals surface area contributed by atoms with E-state index in [1.54, 1.807) is 0 Å². The van der Waals surface area contributed by atoms with Crippen molar-refractivity contribution < 1.29 is 24.5 Å². The Labute approximate surface area is 124 Å². The number of ether oxygens (including phenoxy) is 1. The summed E-state index contributed by atoms with van der Waals surface area (Å²) in [7, 11) is 1.34. The summed E-state index contributed by atoms with van der Waals surface area (Å²) in [6, 6.07) is 8.21. The van der Waals surface area contributed by atoms with Gasteiger partial charge in [0, 0.05) is 12.1 Å². The highest BCUT2D eigenvalue weighted by atomic mass is 16.6. The summed E-state index contributed by atoms with van der Waals surface area (Å²) in [5.41, 5.74) is 0.108. The van der Waals surface area contributed by atoms with Crippen LogP contribution in [0.25, 0.3) is 22.1 Å². The third-order valence-electron chi connectivity index (χ3n) is 3.27. The molecule has 0 bridgehead atoms. The predicted octanol–water partition coefficient (Wildman–Crippen LogP) is 2.59. The molecule has 0 aliphatic rings. The van der Waals surface area contributed by atoms with Crippen molar-refractivity contribution in [3.63, 3.8) is 0 Å². The number of fused-ring (bicyclic) bond motifs is 1. The fourth-order valence-corrected chi connectivity index (χ4v) is 2.28. The molecule has 2 aromatic carbocycles. The number of methoxy groups -OCH3 is 1. The first-order chi connectivity index (χ1) is 10.5. The molecule has 0 saturated carbocycles. The van der Waals surface area contributed by atoms with Crippen LogP contribution in [0.3, 0.4) is 0 Å². The number of hydrogen-bond donors (Lipinski definition) is 3. The Morgan fingerprint density at radius 1 is 1.00 bits per heavy atom. The normalized spacial score (nSPS) is 10.8. The zero-order valence-corrected chi connectivity index (χ0v) is 11.5. The van der Waals surface area contributed by atoms with E-state index in [9.17, 15) is 20.1 Å². The van der Waals surface area contributed by atoms with Gasteiger partial charge in [0.2, 0.25) is 5.43 Å². The van der Waals surface area contributed by atoms with Crippen LogP contribution in [0.1, 0.15) is 0 Å². The molecule has 3 N–H and O–H groups in total. The Morgan fingerprint density at radius 2 is 1.68 bits per heavy atom. The molecule has 0 amide bonds. The van der Waals surface area contributed by atoms with Gasteiger partial charge in [0.25, 0.3) is 5.95 Å². The third kappa shape index (κ3) is 2.10. The van der Waals surface area contributed by atoms with Crippen molar-refractivity contribution in [3.05, 3.63) is 46.6 Å². The van der Waals surface area contributed by atoms with Crippen LogP contribution < -0.4 is 10.2 Å². The van der Waals surface area contributed by atoms with E-state index >= 15 is 0 Å². The zero-order chi connectivity index (χ0) is 15.9. The minimum Gasteiger partial charge on any atom is -0.508 e. The molecule has 112 valence electrons. The zero-order valence-electron chi connectivity index (χ0n) is 11.5. The summed E-state index contributed by atoms with van der Waals surface area (Å²) in [5, 5.41) is 28.7. The van der Waals surface area contributed by atoms with Gasteiger partial charge in [0.15, 0.2) is 0 Å². The predicted molar refractivity (Wildman–Crippen MR) is 79.5 cm³/mol. The van der Waals surface area contributed by atoms with E-state index in [0.29, 0.717) is 5.56 Å². The number of rotatable bonds is 2. The van der Waals surface area contributed by atoms with Gasteiger partial charge in [-0.25, -0.2) is 0 Å². The van der Waals surface area contributed by atoms with E-state index in [1.165, 1.54) is 37.4 Å². The maximum atomic E-state index is 12.7. The van der Waals surface area contributed by atoms with Crippen LogP contribution >= 0.6 is 0 Å². The van der Waals surface area contributed by atoms with E-state index in [0.717, 1.165) is 6.07 Å². The van der Waals surface area contributed by atoms with Crippen molar-refractivity contribution in [2.45, 2.75) is 0 Å². The van der Waals surface area contributed by atoms with Crippen molar-refractivity contribution in [1.29, 1.82) is 0 Å². The van der Waals surface area contributed by atoms with Gasteiger partial charge in [-0.1, -0.05) is 12.1 Å². The molecule has 0 fully saturated rings. The number of phenols is 3. The van der Waals surface area contributed by atoms with E-state index < -0.39 is 5.43 Å². The van der Waals surface area contributed by atoms with Gasteiger partial charge in [-0.05, 0) is 17.7 Å². The lowest BCUT2D eigenvalue weighted by molar-refractivity contribution is 0.311. The molecule has 0 saturated heterocycles. The molecule has 22 heavy (non-hydrogen) atoms. The molecule has 6 nitrogen and oxygen atoms in total. The van der Waals surface area contributed by atoms with Crippen LogP contribution in [0.15, 0.2) is 45.6 Å². The summed E-state index contributed by atoms with van der Waals surface area (Å²) >= 11 is 0. The summed E-state index contributed by atoms with van der Waals surface area (Å²) in [6.45, 7) is 0. The average Bonchev–Trinajstić information content (AvgIpc) is 2.47. The Balaban J connectivity index is 2.41. The average molecular weight is 300 g/mol. The molecule has 3 aromatic rings. The Morgan fingerprint density at radius 3 is 2.32 bits per heavy atom. The van der Waals surface area contributed by atoms with Gasteiger partial charge in [0.1, 0.15) is 33.8 Å². The first-order valence-corrected chi connectivity index (χ1v) is 6.37. The SMILES string of the molecule is COc1oc2cc(O)cc(O)c2c(=O)c1-c1ccc(O)cc1. The van der Waals surface area contributed by atoms with Crippen molar-refractivity contribution >= 4 is 11.0 Å². The minimum absolute atomic E-state index is 0.0156. The molecule has 0 aliphatic heterocycles. The van der Waals surface area contributed by atoms with Crippen LogP contribution in [0.2, 0.25) is 0 Å². The highest BCUT2D eigenvalue weighted by Crippen LogP contribution is 2.35. The summed E-state index contributed by atoms with van der Waals surface area (Å²) in [6.07, 6.45) is 0. The van der Waals surface area contributed by atoms with E-state index in [1.807, 2.05) is 0 Å². The molecule has 3 rings (SSSR count). The van der Waals surface area contributed by atoms with Gasteiger partial charge < -0.3 is 24.5 Å². The van der Waals surface area contributed by atoms with Crippen LogP contribution in [-0.4, -0.2) is 22.4 Å². The molecule has 6 heteroatoms. The van der Waals surface area contributed by atoms with Gasteiger partial charge in [-0.15, -0.1) is 0 Å². The molecule has 1 heterocycles. The maximum absolute atomic E-state index is 12.7. The van der Waals surface area contributed by atoms with Gasteiger partial charge >= 0.3 is 0 Å². The molecule has 0 unspecified atom stereocenters. The first kappa shape index (κ1) is 13.8. The van der Waals surface area contributed by atoms with Gasteiger partial charge in [-0.3, -0.25) is 4.79 Å². The van der Waals surface area contributed by atoms with Gasteiger partial charge in [-0.2, -0.15) is 0 Å². The highest BCUT2D eigenvalue weighted by Gasteiger charge is 2.20. The second-order valence-electron chi connectivity index (χ2n) is 4.68. The Kier molecular flexibility index (Phi) is 3.14. The topological polar surface area (TPSA) is 100 Å². The molecular formula is C16H12O6. The summed E-state index contributed by atoms with van der Waals surface area (Å²) in [5.74, 6) is -0.604. The molecule has 0 atom stereocenters. The molecule has 0 radical (unpaired) electrons. The van der Waals surface area contributed by atoms with Crippen LogP contribution in [0, 0.1) is 0 Å². The lowest BCUT2D eigenvalue weighted by Crippen LogP contribution is -2.07. The monoisotopic (exact) mass is 300 g/mol. The lowest BCUT2D eigenvalue weighted by atomic mass is 10.0. The van der Waals surface area contributed by atoms with Crippen molar-refractivity contribution in [3.8, 4) is 34.3 Å². The van der Waals surface area contributed by atoms with Crippen molar-refractivity contribution in [2.75, 3.05) is 7.11 Å². The molecular weight excluding hydrogens is 288 g/mol. The number of benzene rings is 2. The third-order valence-corrected chi connectivity index (χ3v) is 3.27. The fraction of sp³-hybridized carbons (Fsp3) is 0.0625. The van der Waals surface area contributed by atoms with Crippen LogP contribution in [0.4, 0.5) is 0 Å². The quantitative estimate of drug-likeness (QED) is 0.672. The van der Waals surface area contributed by atoms with Crippen LogP contribution in [0.5, 0.6) is 23.2 Å². The highest BCUT2D eigenvalue weighted by molar-refractivity contribution is 5.89. The fourth-order valence-electron chi connectivity index (χ4n) is 2.28. The van der Waals surface area contributed by atoms with E-state index in [-0.39, 0.29) is 39.7 Å². The first-order valence-electron chi connectivity index (χ1n) is 6.37. The van der Waals surface area contributed by atoms with Crippen LogP contribution in [-0.2, 0) is 0 Å². The van der Waals surface area contributed by atoms with Gasteiger partial charge in [0.05, 0.1) is 7.11 Å². The second kappa shape index (κ2) is 5.00. The molecule has 0 spiro atoms. The number of hydrogen-bond acceptors (Lipinski definition) is 6. The van der Waals surface area contributed by atoms with Crippen molar-refractivity contribution in [1.82, 2.24) is 0 Å². The maximum Gasteiger partial charge on any atom is 0.296 e. The summed E-state index contributed by atoms with van der Waals surface area (Å²) < 4.78 is 10.6. The molecule has 1 aromatic heterocycles. The second-order valence-corrected chi connectivity index (χ2v) is 4.68. The minimum atomic E-state index is -0.499. The summed E-state index contributed by atoms with van der Waals surface area (Å²) in [4.78, 5) is 12.7. The van der Waals surface area contributed by atoms with E-state index in [2.05, 4.69) is 0 Å². The Hall–Kier alpha value is -3.15. The number of phenolic OH excluding ortho intramolecular Hbond substituents is 3. The van der Waals surface area contributed by atoms with Crippen molar-refractivity contribution in [2.24, 2.45) is 0 Å². The number of aromatic hydroxyl groups is 3. The largest absolute Gasteiger partial charge is 0.508 e. The van der Waals surface area contributed by atoms with E-state index in [4.69, 9.17) is 9.15 Å². The smallest absolute Gasteiger partial charge is 0.296 e. The molecule has 0 aliphatic carbocycles.